The van der Waals surface area contributed by atoms with Crippen LogP contribution in [-0.4, -0.2) is 33.7 Å². The standard InChI is InChI=1S/C16H18F2N4O3/c1-11-19-6-8-20(11)10-13-3-2-7-21(13)12-4-5-14(22(23)24)15(9-12)25-16(17)18/h4-6,8-9,13,16H,2-3,7,10H2,1H3. The Labute approximate surface area is 143 Å². The number of nitrogens with zero attached hydrogens (tertiary/aromatic N) is 4. The quantitative estimate of drug-likeness (QED) is 0.589. The molecule has 1 aliphatic heterocycles. The number of anilines is 1. The number of alkyl halides is 2. The molecule has 0 radical (unpaired) electrons. The lowest BCUT2D eigenvalue weighted by Crippen LogP contribution is -2.33. The SMILES string of the molecule is Cc1nccn1CC1CCCN1c1ccc([N+](=O)[O-])c(OC(F)F)c1. The highest BCUT2D eigenvalue weighted by Crippen LogP contribution is 2.35. The molecule has 0 amide bonds. The number of imidazole rings is 1. The van der Waals surface area contributed by atoms with E-state index in [1.54, 1.807) is 12.3 Å². The first-order valence-corrected chi connectivity index (χ1v) is 7.93. The van der Waals surface area contributed by atoms with E-state index >= 15 is 0 Å². The minimum atomic E-state index is -3.11. The van der Waals surface area contributed by atoms with Crippen LogP contribution in [0.25, 0.3) is 0 Å². The number of halogens is 2. The third-order valence-electron chi connectivity index (χ3n) is 4.40. The lowest BCUT2D eigenvalue weighted by molar-refractivity contribution is -0.386. The molecule has 134 valence electrons. The van der Waals surface area contributed by atoms with Gasteiger partial charge in [-0.2, -0.15) is 8.78 Å². The van der Waals surface area contributed by atoms with E-state index in [4.69, 9.17) is 0 Å². The van der Waals surface area contributed by atoms with E-state index in [0.717, 1.165) is 25.2 Å². The highest BCUT2D eigenvalue weighted by molar-refractivity contribution is 5.60. The second-order valence-electron chi connectivity index (χ2n) is 5.90. The molecule has 0 spiro atoms. The molecule has 1 aliphatic rings. The lowest BCUT2D eigenvalue weighted by atomic mass is 10.2. The third kappa shape index (κ3) is 3.70. The van der Waals surface area contributed by atoms with Gasteiger partial charge in [0.1, 0.15) is 5.82 Å². The van der Waals surface area contributed by atoms with Gasteiger partial charge in [0, 0.05) is 49.3 Å². The molecule has 1 saturated heterocycles. The first-order valence-electron chi connectivity index (χ1n) is 7.93. The van der Waals surface area contributed by atoms with Crippen LogP contribution in [0.15, 0.2) is 30.6 Å². The fourth-order valence-corrected chi connectivity index (χ4v) is 3.21. The monoisotopic (exact) mass is 352 g/mol. The Hall–Kier alpha value is -2.71. The average molecular weight is 352 g/mol. The Kier molecular flexibility index (Phi) is 4.82. The summed E-state index contributed by atoms with van der Waals surface area (Å²) in [6.45, 7) is 0.273. The van der Waals surface area contributed by atoms with Crippen molar-refractivity contribution in [3.63, 3.8) is 0 Å². The summed E-state index contributed by atoms with van der Waals surface area (Å²) in [5, 5.41) is 11.0. The fraction of sp³-hybridized carbons (Fsp3) is 0.438. The number of aryl methyl sites for hydroxylation is 1. The molecule has 1 aromatic carbocycles. The maximum atomic E-state index is 12.6. The number of aromatic nitrogens is 2. The number of nitro groups is 1. The molecular formula is C16H18F2N4O3. The first kappa shape index (κ1) is 17.1. The van der Waals surface area contributed by atoms with Crippen LogP contribution in [0.2, 0.25) is 0 Å². The molecule has 0 N–H and O–H groups in total. The van der Waals surface area contributed by atoms with E-state index in [-0.39, 0.29) is 6.04 Å². The maximum absolute atomic E-state index is 12.6. The van der Waals surface area contributed by atoms with E-state index in [0.29, 0.717) is 12.2 Å². The Balaban J connectivity index is 1.86. The van der Waals surface area contributed by atoms with Crippen LogP contribution in [0.1, 0.15) is 18.7 Å². The molecular weight excluding hydrogens is 334 g/mol. The average Bonchev–Trinajstić information content (AvgIpc) is 3.16. The van der Waals surface area contributed by atoms with Gasteiger partial charge in [-0.15, -0.1) is 0 Å². The second kappa shape index (κ2) is 7.04. The van der Waals surface area contributed by atoms with Crippen LogP contribution in [0, 0.1) is 17.0 Å². The lowest BCUT2D eigenvalue weighted by Gasteiger charge is -2.27. The number of benzene rings is 1. The van der Waals surface area contributed by atoms with Crippen LogP contribution >= 0.6 is 0 Å². The minimum absolute atomic E-state index is 0.161. The smallest absolute Gasteiger partial charge is 0.387 e. The Bertz CT molecular complexity index is 766. The van der Waals surface area contributed by atoms with E-state index < -0.39 is 23.0 Å². The van der Waals surface area contributed by atoms with Gasteiger partial charge in [-0.3, -0.25) is 10.1 Å². The molecule has 2 aromatic rings. The van der Waals surface area contributed by atoms with Crippen molar-refractivity contribution in [3.8, 4) is 5.75 Å². The van der Waals surface area contributed by atoms with Gasteiger partial charge in [0.05, 0.1) is 4.92 Å². The van der Waals surface area contributed by atoms with Gasteiger partial charge in [-0.25, -0.2) is 4.98 Å². The second-order valence-corrected chi connectivity index (χ2v) is 5.90. The molecule has 9 heteroatoms. The number of rotatable bonds is 6. The van der Waals surface area contributed by atoms with Crippen molar-refractivity contribution in [2.75, 3.05) is 11.4 Å². The minimum Gasteiger partial charge on any atom is -0.427 e. The summed E-state index contributed by atoms with van der Waals surface area (Å²) in [4.78, 5) is 16.6. The van der Waals surface area contributed by atoms with Crippen molar-refractivity contribution in [1.82, 2.24) is 9.55 Å². The Morgan fingerprint density at radius 1 is 1.48 bits per heavy atom. The van der Waals surface area contributed by atoms with Crippen molar-refractivity contribution in [1.29, 1.82) is 0 Å². The number of ether oxygens (including phenoxy) is 1. The summed E-state index contributed by atoms with van der Waals surface area (Å²) >= 11 is 0. The van der Waals surface area contributed by atoms with Crippen LogP contribution in [0.5, 0.6) is 5.75 Å². The Morgan fingerprint density at radius 2 is 2.28 bits per heavy atom. The topological polar surface area (TPSA) is 73.4 Å². The molecule has 0 saturated carbocycles. The van der Waals surface area contributed by atoms with Crippen molar-refractivity contribution in [2.45, 2.75) is 39.0 Å². The zero-order valence-electron chi connectivity index (χ0n) is 13.6. The molecule has 25 heavy (non-hydrogen) atoms. The molecule has 2 heterocycles. The molecule has 1 unspecified atom stereocenters. The number of hydrogen-bond acceptors (Lipinski definition) is 5. The van der Waals surface area contributed by atoms with E-state index in [1.807, 2.05) is 17.7 Å². The van der Waals surface area contributed by atoms with E-state index in [2.05, 4.69) is 14.6 Å². The number of hydrogen-bond donors (Lipinski definition) is 0. The zero-order chi connectivity index (χ0) is 18.0. The highest BCUT2D eigenvalue weighted by Gasteiger charge is 2.28. The van der Waals surface area contributed by atoms with Crippen molar-refractivity contribution in [3.05, 3.63) is 46.5 Å². The van der Waals surface area contributed by atoms with E-state index in [9.17, 15) is 18.9 Å². The summed E-state index contributed by atoms with van der Waals surface area (Å²) in [6.07, 6.45) is 5.53. The van der Waals surface area contributed by atoms with Crippen LogP contribution in [0.4, 0.5) is 20.2 Å². The normalized spacial score (nSPS) is 17.3. The third-order valence-corrected chi connectivity index (χ3v) is 4.40. The van der Waals surface area contributed by atoms with Crippen LogP contribution in [-0.2, 0) is 6.54 Å². The molecule has 0 bridgehead atoms. The van der Waals surface area contributed by atoms with E-state index in [1.165, 1.54) is 12.1 Å². The van der Waals surface area contributed by atoms with Gasteiger partial charge in [-0.1, -0.05) is 0 Å². The van der Waals surface area contributed by atoms with Gasteiger partial charge >= 0.3 is 12.3 Å². The van der Waals surface area contributed by atoms with Crippen molar-refractivity contribution in [2.24, 2.45) is 0 Å². The van der Waals surface area contributed by atoms with Crippen LogP contribution in [0.3, 0.4) is 0 Å². The van der Waals surface area contributed by atoms with Gasteiger partial charge in [0.2, 0.25) is 5.75 Å². The summed E-state index contributed by atoms with van der Waals surface area (Å²) in [7, 11) is 0. The maximum Gasteiger partial charge on any atom is 0.387 e. The molecule has 1 atom stereocenters. The first-order chi connectivity index (χ1) is 12.0. The summed E-state index contributed by atoms with van der Waals surface area (Å²) in [5.74, 6) is 0.485. The van der Waals surface area contributed by atoms with Crippen molar-refractivity contribution < 1.29 is 18.4 Å². The van der Waals surface area contributed by atoms with Gasteiger partial charge < -0.3 is 14.2 Å². The number of nitro benzene ring substituents is 1. The van der Waals surface area contributed by atoms with Crippen molar-refractivity contribution >= 4 is 11.4 Å². The predicted molar refractivity (Wildman–Crippen MR) is 87.1 cm³/mol. The molecule has 3 rings (SSSR count). The predicted octanol–water partition coefficient (Wildman–Crippen LogP) is 3.37. The molecule has 0 aliphatic carbocycles. The van der Waals surface area contributed by atoms with Gasteiger partial charge in [0.25, 0.3) is 0 Å². The van der Waals surface area contributed by atoms with Crippen LogP contribution < -0.4 is 9.64 Å². The van der Waals surface area contributed by atoms with Gasteiger partial charge in [-0.05, 0) is 25.8 Å². The molecule has 1 fully saturated rings. The fourth-order valence-electron chi connectivity index (χ4n) is 3.21. The Morgan fingerprint density at radius 3 is 2.92 bits per heavy atom. The summed E-state index contributed by atoms with van der Waals surface area (Å²) in [5.41, 5.74) is 0.173. The van der Waals surface area contributed by atoms with Gasteiger partial charge in [0.15, 0.2) is 0 Å². The zero-order valence-corrected chi connectivity index (χ0v) is 13.6. The highest BCUT2D eigenvalue weighted by atomic mass is 19.3. The molecule has 7 nitrogen and oxygen atoms in total. The largest absolute Gasteiger partial charge is 0.427 e. The summed E-state index contributed by atoms with van der Waals surface area (Å²) < 4.78 is 31.5. The molecule has 1 aromatic heterocycles. The summed E-state index contributed by atoms with van der Waals surface area (Å²) in [6, 6.07) is 4.28.